The van der Waals surface area contributed by atoms with Gasteiger partial charge in [0, 0.05) is 13.6 Å². The molecule has 0 heterocycles. The minimum absolute atomic E-state index is 0.0152. The molecule has 0 aromatic heterocycles. The molecule has 0 spiro atoms. The molecule has 0 bridgehead atoms. The molecule has 0 aliphatic heterocycles. The summed E-state index contributed by atoms with van der Waals surface area (Å²) >= 11 is 5.84. The van der Waals surface area contributed by atoms with Gasteiger partial charge >= 0.3 is 5.97 Å². The van der Waals surface area contributed by atoms with Crippen LogP contribution in [-0.4, -0.2) is 37.4 Å². The van der Waals surface area contributed by atoms with Crippen molar-refractivity contribution in [2.24, 2.45) is 0 Å². The zero-order chi connectivity index (χ0) is 14.8. The van der Waals surface area contributed by atoms with Gasteiger partial charge in [-0.1, -0.05) is 23.8 Å². The summed E-state index contributed by atoms with van der Waals surface area (Å²) in [6, 6.07) is 3.56. The molecule has 1 aromatic carbocycles. The van der Waals surface area contributed by atoms with Crippen molar-refractivity contribution in [3.8, 4) is 0 Å². The van der Waals surface area contributed by atoms with E-state index in [0.717, 1.165) is 10.4 Å². The van der Waals surface area contributed by atoms with Gasteiger partial charge in [-0.2, -0.15) is 4.31 Å². The Morgan fingerprint density at radius 1 is 1.47 bits per heavy atom. The Kier molecular flexibility index (Phi) is 4.73. The van der Waals surface area contributed by atoms with Crippen LogP contribution in [0.15, 0.2) is 35.2 Å². The lowest BCUT2D eigenvalue weighted by atomic mass is 10.2. The van der Waals surface area contributed by atoms with E-state index in [1.165, 1.54) is 19.2 Å². The van der Waals surface area contributed by atoms with E-state index in [1.54, 1.807) is 6.92 Å². The molecule has 0 amide bonds. The minimum atomic E-state index is -3.84. The summed E-state index contributed by atoms with van der Waals surface area (Å²) in [5.74, 6) is -1.21. The highest BCUT2D eigenvalue weighted by Gasteiger charge is 2.24. The number of halogens is 1. The zero-order valence-electron chi connectivity index (χ0n) is 10.6. The van der Waals surface area contributed by atoms with Crippen molar-refractivity contribution in [1.29, 1.82) is 0 Å². The number of carboxylic acid groups (broad SMARTS) is 1. The van der Waals surface area contributed by atoms with Gasteiger partial charge in [-0.05, 0) is 25.1 Å². The summed E-state index contributed by atoms with van der Waals surface area (Å²) in [5, 5.41) is 8.87. The lowest BCUT2D eigenvalue weighted by Gasteiger charge is -2.18. The molecule has 0 unspecified atom stereocenters. The first kappa shape index (κ1) is 15.7. The Hall–Kier alpha value is -1.37. The van der Waals surface area contributed by atoms with Crippen LogP contribution in [0.1, 0.15) is 17.3 Å². The van der Waals surface area contributed by atoms with E-state index in [-0.39, 0.29) is 22.0 Å². The third kappa shape index (κ3) is 3.56. The van der Waals surface area contributed by atoms with Gasteiger partial charge < -0.3 is 5.11 Å². The molecule has 19 heavy (non-hydrogen) atoms. The standard InChI is InChI=1S/C12H14ClNO4S/c1-8(2)7-14(3)19(17,18)11-6-9(12(15)16)4-5-10(11)13/h4-6H,1,7H2,2-3H3,(H,15,16). The van der Waals surface area contributed by atoms with E-state index in [9.17, 15) is 13.2 Å². The Balaban J connectivity index is 3.31. The average Bonchev–Trinajstić information content (AvgIpc) is 2.27. The normalized spacial score (nSPS) is 11.6. The van der Waals surface area contributed by atoms with Gasteiger partial charge in [0.2, 0.25) is 10.0 Å². The van der Waals surface area contributed by atoms with Crippen LogP contribution in [-0.2, 0) is 10.0 Å². The Morgan fingerprint density at radius 3 is 2.53 bits per heavy atom. The molecule has 1 aromatic rings. The SMILES string of the molecule is C=C(C)CN(C)S(=O)(=O)c1cc(C(=O)O)ccc1Cl. The number of likely N-dealkylation sites (N-methyl/N-ethyl adjacent to an activating group) is 1. The first-order chi connectivity index (χ1) is 8.66. The number of benzene rings is 1. The largest absolute Gasteiger partial charge is 0.478 e. The Morgan fingerprint density at radius 2 is 2.05 bits per heavy atom. The third-order valence-electron chi connectivity index (χ3n) is 2.36. The van der Waals surface area contributed by atoms with Crippen LogP contribution >= 0.6 is 11.6 Å². The maximum atomic E-state index is 12.3. The fourth-order valence-electron chi connectivity index (χ4n) is 1.47. The average molecular weight is 304 g/mol. The van der Waals surface area contributed by atoms with Crippen molar-refractivity contribution in [3.63, 3.8) is 0 Å². The number of carbonyl (C=O) groups is 1. The minimum Gasteiger partial charge on any atom is -0.478 e. The number of sulfonamides is 1. The number of nitrogens with zero attached hydrogens (tertiary/aromatic N) is 1. The maximum absolute atomic E-state index is 12.3. The van der Waals surface area contributed by atoms with E-state index in [4.69, 9.17) is 16.7 Å². The molecular weight excluding hydrogens is 290 g/mol. The van der Waals surface area contributed by atoms with Crippen LogP contribution in [0, 0.1) is 0 Å². The van der Waals surface area contributed by atoms with Crippen LogP contribution < -0.4 is 0 Å². The Labute approximate surface area is 117 Å². The zero-order valence-corrected chi connectivity index (χ0v) is 12.1. The summed E-state index contributed by atoms with van der Waals surface area (Å²) in [5.41, 5.74) is 0.531. The molecule has 1 N–H and O–H groups in total. The van der Waals surface area contributed by atoms with Crippen LogP contribution in [0.3, 0.4) is 0 Å². The molecule has 0 aliphatic carbocycles. The van der Waals surface area contributed by atoms with Crippen molar-refractivity contribution < 1.29 is 18.3 Å². The highest BCUT2D eigenvalue weighted by Crippen LogP contribution is 2.25. The number of aromatic carboxylic acids is 1. The molecule has 0 atom stereocenters. The predicted octanol–water partition coefficient (Wildman–Crippen LogP) is 2.23. The van der Waals surface area contributed by atoms with Gasteiger partial charge in [-0.15, -0.1) is 0 Å². The summed E-state index contributed by atoms with van der Waals surface area (Å²) in [7, 11) is -2.46. The second-order valence-electron chi connectivity index (χ2n) is 4.17. The smallest absolute Gasteiger partial charge is 0.335 e. The molecule has 7 heteroatoms. The number of rotatable bonds is 5. The highest BCUT2D eigenvalue weighted by atomic mass is 35.5. The van der Waals surface area contributed by atoms with Gasteiger partial charge in [-0.3, -0.25) is 0 Å². The Bertz CT molecular complexity index is 625. The van der Waals surface area contributed by atoms with Crippen LogP contribution in [0.4, 0.5) is 0 Å². The van der Waals surface area contributed by atoms with E-state index in [0.29, 0.717) is 5.57 Å². The van der Waals surface area contributed by atoms with E-state index in [2.05, 4.69) is 6.58 Å². The summed E-state index contributed by atoms with van der Waals surface area (Å²) in [6.07, 6.45) is 0. The van der Waals surface area contributed by atoms with Crippen molar-refractivity contribution in [1.82, 2.24) is 4.31 Å². The first-order valence-electron chi connectivity index (χ1n) is 5.30. The van der Waals surface area contributed by atoms with Crippen molar-refractivity contribution in [2.45, 2.75) is 11.8 Å². The monoisotopic (exact) mass is 303 g/mol. The van der Waals surface area contributed by atoms with Gasteiger partial charge in [-0.25, -0.2) is 13.2 Å². The predicted molar refractivity (Wildman–Crippen MR) is 73.0 cm³/mol. The number of hydrogen-bond acceptors (Lipinski definition) is 3. The van der Waals surface area contributed by atoms with Gasteiger partial charge in [0.1, 0.15) is 4.90 Å². The third-order valence-corrected chi connectivity index (χ3v) is 4.64. The fourth-order valence-corrected chi connectivity index (χ4v) is 3.19. The molecule has 0 fully saturated rings. The molecular formula is C12H14ClNO4S. The van der Waals surface area contributed by atoms with Crippen molar-refractivity contribution in [2.75, 3.05) is 13.6 Å². The molecule has 104 valence electrons. The van der Waals surface area contributed by atoms with Crippen LogP contribution in [0.25, 0.3) is 0 Å². The molecule has 0 radical (unpaired) electrons. The van der Waals surface area contributed by atoms with Crippen molar-refractivity contribution >= 4 is 27.6 Å². The number of hydrogen-bond donors (Lipinski definition) is 1. The maximum Gasteiger partial charge on any atom is 0.335 e. The molecule has 1 rings (SSSR count). The lowest BCUT2D eigenvalue weighted by Crippen LogP contribution is -2.28. The number of carboxylic acids is 1. The first-order valence-corrected chi connectivity index (χ1v) is 7.11. The van der Waals surface area contributed by atoms with Gasteiger partial charge in [0.05, 0.1) is 10.6 Å². The molecule has 0 saturated heterocycles. The molecule has 0 aliphatic rings. The van der Waals surface area contributed by atoms with Gasteiger partial charge in [0.25, 0.3) is 0 Å². The quantitative estimate of drug-likeness (QED) is 0.847. The van der Waals surface area contributed by atoms with Crippen molar-refractivity contribution in [3.05, 3.63) is 40.9 Å². The van der Waals surface area contributed by atoms with E-state index < -0.39 is 16.0 Å². The summed E-state index contributed by atoms with van der Waals surface area (Å²) in [6.45, 7) is 5.47. The van der Waals surface area contributed by atoms with Gasteiger partial charge in [0.15, 0.2) is 0 Å². The fraction of sp³-hybridized carbons (Fsp3) is 0.250. The highest BCUT2D eigenvalue weighted by molar-refractivity contribution is 7.89. The van der Waals surface area contributed by atoms with Crippen LogP contribution in [0.2, 0.25) is 5.02 Å². The molecule has 0 saturated carbocycles. The molecule has 5 nitrogen and oxygen atoms in total. The second kappa shape index (κ2) is 5.73. The van der Waals surface area contributed by atoms with Crippen LogP contribution in [0.5, 0.6) is 0 Å². The topological polar surface area (TPSA) is 74.7 Å². The summed E-state index contributed by atoms with van der Waals surface area (Å²) in [4.78, 5) is 10.6. The van der Waals surface area contributed by atoms with E-state index >= 15 is 0 Å². The van der Waals surface area contributed by atoms with E-state index in [1.807, 2.05) is 0 Å². The summed E-state index contributed by atoms with van der Waals surface area (Å²) < 4.78 is 25.6. The lowest BCUT2D eigenvalue weighted by molar-refractivity contribution is 0.0696. The second-order valence-corrected chi connectivity index (χ2v) is 6.59.